The fourth-order valence-corrected chi connectivity index (χ4v) is 1.78. The molecule has 0 amide bonds. The standard InChI is InChI=1S/C13H22N2O2/c1-10-7-12(16-3)13(17-4)8-11(10)9-15(2)6-5-14/h7-8H,5-6,9,14H2,1-4H3. The molecule has 0 bridgehead atoms. The van der Waals surface area contributed by atoms with Crippen LogP contribution in [0.5, 0.6) is 11.5 Å². The van der Waals surface area contributed by atoms with E-state index < -0.39 is 0 Å². The van der Waals surface area contributed by atoms with Crippen molar-refractivity contribution >= 4 is 0 Å². The predicted octanol–water partition coefficient (Wildman–Crippen LogP) is 1.40. The summed E-state index contributed by atoms with van der Waals surface area (Å²) in [5.41, 5.74) is 7.97. The van der Waals surface area contributed by atoms with Gasteiger partial charge in [-0.3, -0.25) is 0 Å². The number of methoxy groups -OCH3 is 2. The van der Waals surface area contributed by atoms with Gasteiger partial charge in [-0.25, -0.2) is 0 Å². The van der Waals surface area contributed by atoms with E-state index in [4.69, 9.17) is 15.2 Å². The van der Waals surface area contributed by atoms with Crippen molar-refractivity contribution in [1.29, 1.82) is 0 Å². The first-order chi connectivity index (χ1) is 8.12. The van der Waals surface area contributed by atoms with Crippen molar-refractivity contribution in [2.75, 3.05) is 34.4 Å². The van der Waals surface area contributed by atoms with Crippen LogP contribution in [-0.4, -0.2) is 39.3 Å². The van der Waals surface area contributed by atoms with Gasteiger partial charge in [0.25, 0.3) is 0 Å². The van der Waals surface area contributed by atoms with Gasteiger partial charge in [-0.15, -0.1) is 0 Å². The van der Waals surface area contributed by atoms with E-state index in [9.17, 15) is 0 Å². The smallest absolute Gasteiger partial charge is 0.161 e. The first kappa shape index (κ1) is 13.8. The summed E-state index contributed by atoms with van der Waals surface area (Å²) in [5, 5.41) is 0. The van der Waals surface area contributed by atoms with Crippen molar-refractivity contribution in [3.05, 3.63) is 23.3 Å². The molecule has 0 saturated heterocycles. The zero-order valence-corrected chi connectivity index (χ0v) is 11.1. The van der Waals surface area contributed by atoms with Crippen LogP contribution in [0.15, 0.2) is 12.1 Å². The van der Waals surface area contributed by atoms with Crippen LogP contribution < -0.4 is 15.2 Å². The summed E-state index contributed by atoms with van der Waals surface area (Å²) in [6, 6.07) is 4.03. The van der Waals surface area contributed by atoms with Crippen LogP contribution in [0, 0.1) is 6.92 Å². The van der Waals surface area contributed by atoms with Crippen LogP contribution >= 0.6 is 0 Å². The third kappa shape index (κ3) is 3.61. The molecule has 4 heteroatoms. The summed E-state index contributed by atoms with van der Waals surface area (Å²) in [6.07, 6.45) is 0. The Morgan fingerprint density at radius 2 is 1.76 bits per heavy atom. The van der Waals surface area contributed by atoms with Gasteiger partial charge in [-0.05, 0) is 37.2 Å². The Hall–Kier alpha value is -1.26. The number of aryl methyl sites for hydroxylation is 1. The van der Waals surface area contributed by atoms with E-state index in [0.29, 0.717) is 6.54 Å². The largest absolute Gasteiger partial charge is 0.493 e. The molecule has 0 aliphatic rings. The molecule has 0 atom stereocenters. The third-order valence-electron chi connectivity index (χ3n) is 2.79. The molecule has 0 aromatic heterocycles. The summed E-state index contributed by atoms with van der Waals surface area (Å²) in [5.74, 6) is 1.55. The van der Waals surface area contributed by atoms with Gasteiger partial charge in [0.2, 0.25) is 0 Å². The van der Waals surface area contributed by atoms with Gasteiger partial charge in [-0.2, -0.15) is 0 Å². The minimum absolute atomic E-state index is 0.669. The zero-order chi connectivity index (χ0) is 12.8. The average Bonchev–Trinajstić information content (AvgIpc) is 2.31. The van der Waals surface area contributed by atoms with E-state index >= 15 is 0 Å². The van der Waals surface area contributed by atoms with Crippen LogP contribution in [0.3, 0.4) is 0 Å². The number of ether oxygens (including phenoxy) is 2. The second kappa shape index (κ2) is 6.47. The van der Waals surface area contributed by atoms with Gasteiger partial charge < -0.3 is 20.1 Å². The maximum absolute atomic E-state index is 5.54. The fraction of sp³-hybridized carbons (Fsp3) is 0.538. The van der Waals surface area contributed by atoms with E-state index in [1.807, 2.05) is 12.1 Å². The highest BCUT2D eigenvalue weighted by molar-refractivity contribution is 5.46. The molecular formula is C13H22N2O2. The zero-order valence-electron chi connectivity index (χ0n) is 11.1. The quantitative estimate of drug-likeness (QED) is 0.814. The van der Waals surface area contributed by atoms with E-state index in [2.05, 4.69) is 18.9 Å². The average molecular weight is 238 g/mol. The first-order valence-corrected chi connectivity index (χ1v) is 5.72. The number of benzene rings is 1. The van der Waals surface area contributed by atoms with Crippen molar-refractivity contribution in [3.63, 3.8) is 0 Å². The lowest BCUT2D eigenvalue weighted by Crippen LogP contribution is -2.25. The normalized spacial score (nSPS) is 10.7. The highest BCUT2D eigenvalue weighted by atomic mass is 16.5. The summed E-state index contributed by atoms with van der Waals surface area (Å²) in [7, 11) is 5.36. The van der Waals surface area contributed by atoms with Crippen molar-refractivity contribution in [1.82, 2.24) is 4.90 Å². The molecule has 0 radical (unpaired) electrons. The number of rotatable bonds is 6. The van der Waals surface area contributed by atoms with Gasteiger partial charge in [0.15, 0.2) is 11.5 Å². The highest BCUT2D eigenvalue weighted by Crippen LogP contribution is 2.30. The number of likely N-dealkylation sites (N-methyl/N-ethyl adjacent to an activating group) is 1. The molecule has 17 heavy (non-hydrogen) atoms. The summed E-state index contributed by atoms with van der Waals surface area (Å²) in [4.78, 5) is 2.19. The molecule has 0 fully saturated rings. The predicted molar refractivity (Wildman–Crippen MR) is 69.7 cm³/mol. The lowest BCUT2D eigenvalue weighted by Gasteiger charge is -2.18. The summed E-state index contributed by atoms with van der Waals surface area (Å²) in [6.45, 7) is 4.49. The van der Waals surface area contributed by atoms with E-state index in [1.165, 1.54) is 11.1 Å². The number of nitrogens with two attached hydrogens (primary N) is 1. The topological polar surface area (TPSA) is 47.7 Å². The van der Waals surface area contributed by atoms with Crippen molar-refractivity contribution in [2.45, 2.75) is 13.5 Å². The Kier molecular flexibility index (Phi) is 5.25. The SMILES string of the molecule is COc1cc(C)c(CN(C)CCN)cc1OC. The Bertz CT molecular complexity index is 367. The number of nitrogens with zero attached hydrogens (tertiary/aromatic N) is 1. The van der Waals surface area contributed by atoms with Crippen molar-refractivity contribution in [2.24, 2.45) is 5.73 Å². The maximum Gasteiger partial charge on any atom is 0.161 e. The molecule has 96 valence electrons. The molecule has 1 aromatic rings. The second-order valence-electron chi connectivity index (χ2n) is 4.16. The first-order valence-electron chi connectivity index (χ1n) is 5.72. The van der Waals surface area contributed by atoms with Crippen molar-refractivity contribution < 1.29 is 9.47 Å². The van der Waals surface area contributed by atoms with Crippen LogP contribution in [0.2, 0.25) is 0 Å². The Balaban J connectivity index is 2.92. The summed E-state index contributed by atoms with van der Waals surface area (Å²) >= 11 is 0. The second-order valence-corrected chi connectivity index (χ2v) is 4.16. The molecule has 0 spiro atoms. The molecule has 1 rings (SSSR count). The molecule has 2 N–H and O–H groups in total. The third-order valence-corrected chi connectivity index (χ3v) is 2.79. The lowest BCUT2D eigenvalue weighted by atomic mass is 10.1. The molecule has 0 saturated carbocycles. The number of hydrogen-bond acceptors (Lipinski definition) is 4. The van der Waals surface area contributed by atoms with E-state index in [0.717, 1.165) is 24.6 Å². The Morgan fingerprint density at radius 3 is 2.29 bits per heavy atom. The van der Waals surface area contributed by atoms with Crippen molar-refractivity contribution in [3.8, 4) is 11.5 Å². The molecule has 0 aliphatic carbocycles. The van der Waals surface area contributed by atoms with Crippen LogP contribution in [0.4, 0.5) is 0 Å². The monoisotopic (exact) mass is 238 g/mol. The molecule has 1 aromatic carbocycles. The Morgan fingerprint density at radius 1 is 1.18 bits per heavy atom. The fourth-order valence-electron chi connectivity index (χ4n) is 1.78. The highest BCUT2D eigenvalue weighted by Gasteiger charge is 2.09. The van der Waals surface area contributed by atoms with Gasteiger partial charge in [0.05, 0.1) is 14.2 Å². The van der Waals surface area contributed by atoms with Gasteiger partial charge in [-0.1, -0.05) is 0 Å². The van der Waals surface area contributed by atoms with E-state index in [-0.39, 0.29) is 0 Å². The molecule has 0 heterocycles. The molecule has 4 nitrogen and oxygen atoms in total. The van der Waals surface area contributed by atoms with Gasteiger partial charge >= 0.3 is 0 Å². The maximum atomic E-state index is 5.54. The van der Waals surface area contributed by atoms with E-state index in [1.54, 1.807) is 14.2 Å². The minimum Gasteiger partial charge on any atom is -0.493 e. The van der Waals surface area contributed by atoms with Crippen LogP contribution in [0.1, 0.15) is 11.1 Å². The molecule has 0 unspecified atom stereocenters. The molecular weight excluding hydrogens is 216 g/mol. The minimum atomic E-state index is 0.669. The number of hydrogen-bond donors (Lipinski definition) is 1. The Labute approximate surface area is 103 Å². The van der Waals surface area contributed by atoms with Crippen LogP contribution in [-0.2, 0) is 6.54 Å². The van der Waals surface area contributed by atoms with Gasteiger partial charge in [0.1, 0.15) is 0 Å². The summed E-state index contributed by atoms with van der Waals surface area (Å²) < 4.78 is 10.6. The lowest BCUT2D eigenvalue weighted by molar-refractivity contribution is 0.330. The van der Waals surface area contributed by atoms with Gasteiger partial charge in [0, 0.05) is 19.6 Å². The van der Waals surface area contributed by atoms with Crippen LogP contribution in [0.25, 0.3) is 0 Å². The molecule has 0 aliphatic heterocycles.